The Morgan fingerprint density at radius 1 is 1.40 bits per heavy atom. The summed E-state index contributed by atoms with van der Waals surface area (Å²) < 4.78 is 0. The Labute approximate surface area is 65.2 Å². The summed E-state index contributed by atoms with van der Waals surface area (Å²) in [6, 6.07) is 6.41. The molecule has 0 aliphatic heterocycles. The van der Waals surface area contributed by atoms with E-state index in [-0.39, 0.29) is 0 Å². The zero-order valence-corrected chi connectivity index (χ0v) is 7.96. The van der Waals surface area contributed by atoms with Crippen LogP contribution in [0.15, 0.2) is 18.2 Å². The highest BCUT2D eigenvalue weighted by atomic mass is 31.0. The molecule has 1 heteroatoms. The van der Waals surface area contributed by atoms with Crippen molar-refractivity contribution in [2.45, 2.75) is 26.2 Å². The molecule has 0 N–H and O–H groups in total. The Bertz CT molecular complexity index is 215. The first-order chi connectivity index (χ1) is 4.52. The molecule has 0 fully saturated rings. The maximum absolute atomic E-state index is 2.76. The van der Waals surface area contributed by atoms with Crippen LogP contribution < -0.4 is 5.30 Å². The van der Waals surface area contributed by atoms with E-state index >= 15 is 0 Å². The van der Waals surface area contributed by atoms with Gasteiger partial charge in [-0.1, -0.05) is 26.2 Å². The standard InChI is InChI=1S/C9H14P/c1-9(2,3)7-5-4-6-8(7)10/h4-6H,10H2,1-3H3/q-1. The predicted molar refractivity (Wildman–Crippen MR) is 50.1 cm³/mol. The zero-order valence-electron chi connectivity index (χ0n) is 6.81. The highest BCUT2D eigenvalue weighted by molar-refractivity contribution is 7.27. The van der Waals surface area contributed by atoms with Crippen molar-refractivity contribution in [1.29, 1.82) is 0 Å². The van der Waals surface area contributed by atoms with E-state index in [4.69, 9.17) is 0 Å². The van der Waals surface area contributed by atoms with Gasteiger partial charge in [-0.3, -0.25) is 0 Å². The third-order valence-corrected chi connectivity index (χ3v) is 2.16. The molecule has 0 spiro atoms. The quantitative estimate of drug-likeness (QED) is 0.396. The largest absolute Gasteiger partial charge is 0.209 e. The van der Waals surface area contributed by atoms with Crippen molar-refractivity contribution in [1.82, 2.24) is 0 Å². The highest BCUT2D eigenvalue weighted by Crippen LogP contribution is 2.21. The highest BCUT2D eigenvalue weighted by Gasteiger charge is 2.07. The molecule has 1 aromatic rings. The van der Waals surface area contributed by atoms with Crippen molar-refractivity contribution < 1.29 is 0 Å². The minimum atomic E-state index is 0.292. The molecule has 0 radical (unpaired) electrons. The lowest BCUT2D eigenvalue weighted by Crippen LogP contribution is -2.15. The Kier molecular flexibility index (Phi) is 1.92. The topological polar surface area (TPSA) is 0 Å². The first-order valence-electron chi connectivity index (χ1n) is 3.53. The molecule has 0 heterocycles. The summed E-state index contributed by atoms with van der Waals surface area (Å²) in [7, 11) is 2.76. The van der Waals surface area contributed by atoms with Crippen LogP contribution in [0.25, 0.3) is 0 Å². The molecule has 1 aromatic carbocycles. The van der Waals surface area contributed by atoms with Crippen molar-refractivity contribution in [2.75, 3.05) is 0 Å². The fourth-order valence-electron chi connectivity index (χ4n) is 1.12. The van der Waals surface area contributed by atoms with Crippen molar-refractivity contribution in [3.63, 3.8) is 0 Å². The van der Waals surface area contributed by atoms with Crippen molar-refractivity contribution >= 4 is 14.5 Å². The molecule has 0 aliphatic carbocycles. The fraction of sp³-hybridized carbons (Fsp3) is 0.444. The third-order valence-electron chi connectivity index (χ3n) is 1.66. The number of hydrogen-bond acceptors (Lipinski definition) is 0. The van der Waals surface area contributed by atoms with Gasteiger partial charge in [0.1, 0.15) is 0 Å². The van der Waals surface area contributed by atoms with Crippen molar-refractivity contribution in [3.8, 4) is 0 Å². The van der Waals surface area contributed by atoms with E-state index < -0.39 is 0 Å². The fourth-order valence-corrected chi connectivity index (χ4v) is 1.76. The number of rotatable bonds is 0. The van der Waals surface area contributed by atoms with Crippen LogP contribution in [0.5, 0.6) is 0 Å². The lowest BCUT2D eigenvalue weighted by Gasteiger charge is -2.25. The molecule has 0 saturated carbocycles. The van der Waals surface area contributed by atoms with Crippen LogP contribution in [-0.2, 0) is 5.41 Å². The van der Waals surface area contributed by atoms with E-state index in [0.717, 1.165) is 0 Å². The molecule has 1 atom stereocenters. The van der Waals surface area contributed by atoms with Gasteiger partial charge < -0.3 is 0 Å². The van der Waals surface area contributed by atoms with Crippen LogP contribution in [0, 0.1) is 0 Å². The zero-order chi connectivity index (χ0) is 7.78. The smallest absolute Gasteiger partial charge is 0.0676 e. The van der Waals surface area contributed by atoms with Crippen LogP contribution in [0.2, 0.25) is 0 Å². The molecule has 0 saturated heterocycles. The van der Waals surface area contributed by atoms with E-state index in [9.17, 15) is 0 Å². The molecule has 1 unspecified atom stereocenters. The van der Waals surface area contributed by atoms with Crippen LogP contribution in [0.3, 0.4) is 0 Å². The summed E-state index contributed by atoms with van der Waals surface area (Å²) in [6.07, 6.45) is 0. The van der Waals surface area contributed by atoms with Gasteiger partial charge in [-0.2, -0.15) is 17.7 Å². The van der Waals surface area contributed by atoms with Crippen LogP contribution >= 0.6 is 9.24 Å². The summed E-state index contributed by atoms with van der Waals surface area (Å²) >= 11 is 0. The minimum Gasteiger partial charge on any atom is -0.209 e. The molecule has 0 bridgehead atoms. The van der Waals surface area contributed by atoms with Gasteiger partial charge in [0.05, 0.1) is 0 Å². The first kappa shape index (κ1) is 7.88. The summed E-state index contributed by atoms with van der Waals surface area (Å²) in [6.45, 7) is 6.70. The molecule has 0 aromatic heterocycles. The van der Waals surface area contributed by atoms with Gasteiger partial charge in [0.2, 0.25) is 0 Å². The van der Waals surface area contributed by atoms with Gasteiger partial charge in [-0.05, 0) is 0 Å². The predicted octanol–water partition coefficient (Wildman–Crippen LogP) is 2.20. The monoisotopic (exact) mass is 153 g/mol. The molecule has 0 aliphatic rings. The number of hydrogen-bond donors (Lipinski definition) is 0. The van der Waals surface area contributed by atoms with Crippen LogP contribution in [0.1, 0.15) is 26.3 Å². The molecule has 10 heavy (non-hydrogen) atoms. The average molecular weight is 153 g/mol. The summed E-state index contributed by atoms with van der Waals surface area (Å²) in [5.41, 5.74) is 1.72. The Morgan fingerprint density at radius 2 is 2.00 bits per heavy atom. The lowest BCUT2D eigenvalue weighted by atomic mass is 9.89. The second-order valence-corrected chi connectivity index (χ2v) is 4.27. The second-order valence-electron chi connectivity index (χ2n) is 3.64. The second kappa shape index (κ2) is 2.43. The molecular formula is C9H14P-. The molecule has 0 amide bonds. The molecular weight excluding hydrogens is 139 g/mol. The van der Waals surface area contributed by atoms with E-state index in [1.807, 2.05) is 0 Å². The summed E-state index contributed by atoms with van der Waals surface area (Å²) in [5.74, 6) is 0. The van der Waals surface area contributed by atoms with Gasteiger partial charge in [-0.15, -0.1) is 14.5 Å². The van der Waals surface area contributed by atoms with E-state index in [1.165, 1.54) is 10.9 Å². The van der Waals surface area contributed by atoms with Gasteiger partial charge in [0.15, 0.2) is 0 Å². The van der Waals surface area contributed by atoms with Crippen molar-refractivity contribution in [3.05, 3.63) is 23.8 Å². The molecule has 56 valence electrons. The van der Waals surface area contributed by atoms with E-state index in [1.54, 1.807) is 0 Å². The summed E-state index contributed by atoms with van der Waals surface area (Å²) in [4.78, 5) is 0. The van der Waals surface area contributed by atoms with Gasteiger partial charge >= 0.3 is 0 Å². The van der Waals surface area contributed by atoms with Gasteiger partial charge in [0.25, 0.3) is 0 Å². The summed E-state index contributed by atoms with van der Waals surface area (Å²) in [5, 5.41) is 1.33. The van der Waals surface area contributed by atoms with E-state index in [2.05, 4.69) is 48.2 Å². The Hall–Kier alpha value is -0.220. The van der Waals surface area contributed by atoms with Crippen molar-refractivity contribution in [2.24, 2.45) is 0 Å². The Balaban J connectivity index is 3.05. The normalized spacial score (nSPS) is 12.0. The molecule has 0 nitrogen and oxygen atoms in total. The first-order valence-corrected chi connectivity index (χ1v) is 4.11. The van der Waals surface area contributed by atoms with Crippen LogP contribution in [0.4, 0.5) is 0 Å². The molecule has 1 rings (SSSR count). The third kappa shape index (κ3) is 1.44. The van der Waals surface area contributed by atoms with Gasteiger partial charge in [-0.25, -0.2) is 6.07 Å². The van der Waals surface area contributed by atoms with E-state index in [0.29, 0.717) is 5.41 Å². The maximum Gasteiger partial charge on any atom is -0.0676 e. The Morgan fingerprint density at radius 3 is 2.20 bits per heavy atom. The van der Waals surface area contributed by atoms with Gasteiger partial charge in [0, 0.05) is 0 Å². The average Bonchev–Trinajstić information content (AvgIpc) is 2.11. The lowest BCUT2D eigenvalue weighted by molar-refractivity contribution is 0.596. The SMILES string of the molecule is CC(C)(C)c1cc[cH-]c1P. The van der Waals surface area contributed by atoms with Crippen LogP contribution in [-0.4, -0.2) is 0 Å². The minimum absolute atomic E-state index is 0.292. The maximum atomic E-state index is 2.76.